The van der Waals surface area contributed by atoms with Gasteiger partial charge < -0.3 is 14.6 Å². The monoisotopic (exact) mass is 745 g/mol. The lowest BCUT2D eigenvalue weighted by Crippen LogP contribution is -2.17. The fourth-order valence-electron chi connectivity index (χ4n) is 8.56. The van der Waals surface area contributed by atoms with Crippen LogP contribution in [0.25, 0.3) is 87.7 Å². The number of aliphatic imine (C=N–C) groups is 2. The van der Waals surface area contributed by atoms with Gasteiger partial charge in [0.05, 0.1) is 6.54 Å². The molecule has 2 N–H and O–H groups in total. The number of hydrogen-bond acceptors (Lipinski definition) is 3. The molecule has 5 nitrogen and oxygen atoms in total. The van der Waals surface area contributed by atoms with Crippen molar-refractivity contribution in [2.24, 2.45) is 15.7 Å². The van der Waals surface area contributed by atoms with Crippen molar-refractivity contribution in [1.29, 1.82) is 0 Å². The first-order chi connectivity index (χ1) is 28.7. The van der Waals surface area contributed by atoms with Gasteiger partial charge in [-0.2, -0.15) is 0 Å². The molecule has 5 heteroatoms. The molecule has 2 heterocycles. The second-order valence-electron chi connectivity index (χ2n) is 14.6. The molecule has 274 valence electrons. The van der Waals surface area contributed by atoms with E-state index < -0.39 is 0 Å². The summed E-state index contributed by atoms with van der Waals surface area (Å²) in [5.41, 5.74) is 17.6. The molecule has 0 saturated heterocycles. The van der Waals surface area contributed by atoms with Crippen LogP contribution < -0.4 is 5.73 Å². The molecular formula is C53H35N3O2. The summed E-state index contributed by atoms with van der Waals surface area (Å²) < 4.78 is 13.0. The van der Waals surface area contributed by atoms with Gasteiger partial charge in [-0.3, -0.25) is 4.99 Å². The molecule has 0 radical (unpaired) electrons. The van der Waals surface area contributed by atoms with Crippen LogP contribution in [0.1, 0.15) is 16.7 Å². The number of fused-ring (bicyclic) bond motifs is 8. The van der Waals surface area contributed by atoms with E-state index in [2.05, 4.69) is 121 Å². The summed E-state index contributed by atoms with van der Waals surface area (Å²) in [6.07, 6.45) is 0. The Hall–Kier alpha value is -7.76. The van der Waals surface area contributed by atoms with E-state index in [1.165, 1.54) is 10.8 Å². The van der Waals surface area contributed by atoms with Crippen LogP contribution in [0.4, 0.5) is 0 Å². The van der Waals surface area contributed by atoms with Crippen molar-refractivity contribution in [3.05, 3.63) is 205 Å². The van der Waals surface area contributed by atoms with Gasteiger partial charge in [0, 0.05) is 38.2 Å². The van der Waals surface area contributed by atoms with Crippen molar-refractivity contribution in [3.63, 3.8) is 0 Å². The Labute approximate surface area is 334 Å². The van der Waals surface area contributed by atoms with Gasteiger partial charge in [0.1, 0.15) is 28.2 Å². The first kappa shape index (κ1) is 33.6. The molecule has 0 spiro atoms. The molecule has 0 saturated carbocycles. The quantitative estimate of drug-likeness (QED) is 0.136. The number of nitrogens with two attached hydrogens (primary N) is 1. The predicted molar refractivity (Wildman–Crippen MR) is 241 cm³/mol. The largest absolute Gasteiger partial charge is 0.456 e. The number of nitrogens with zero attached hydrogens (tertiary/aromatic N) is 2. The molecule has 0 aliphatic rings. The molecule has 0 fully saturated rings. The van der Waals surface area contributed by atoms with Gasteiger partial charge in [0.15, 0.2) is 5.84 Å². The summed E-state index contributed by atoms with van der Waals surface area (Å²) >= 11 is 0. The fourth-order valence-corrected chi connectivity index (χ4v) is 8.56. The summed E-state index contributed by atoms with van der Waals surface area (Å²) in [7, 11) is 0. The maximum atomic E-state index is 7.10. The summed E-state index contributed by atoms with van der Waals surface area (Å²) in [6.45, 7) is 0.447. The third-order valence-corrected chi connectivity index (χ3v) is 11.2. The minimum absolute atomic E-state index is 0.379. The zero-order valence-corrected chi connectivity index (χ0v) is 31.4. The van der Waals surface area contributed by atoms with Crippen LogP contribution in [0.5, 0.6) is 0 Å². The first-order valence-corrected chi connectivity index (χ1v) is 19.5. The van der Waals surface area contributed by atoms with E-state index in [1.807, 2.05) is 66.7 Å². The smallest absolute Gasteiger partial charge is 0.158 e. The topological polar surface area (TPSA) is 77.0 Å². The van der Waals surface area contributed by atoms with Crippen molar-refractivity contribution < 1.29 is 8.83 Å². The Morgan fingerprint density at radius 3 is 1.83 bits per heavy atom. The highest BCUT2D eigenvalue weighted by Crippen LogP contribution is 2.45. The Morgan fingerprint density at radius 2 is 0.983 bits per heavy atom. The van der Waals surface area contributed by atoms with Crippen LogP contribution in [0, 0.1) is 0 Å². The van der Waals surface area contributed by atoms with E-state index in [1.54, 1.807) is 0 Å². The maximum Gasteiger partial charge on any atom is 0.158 e. The SMILES string of the molecule is N/C(=N\C(=N/Cc1ccccc1)c1cccc2oc3ccccc3c12)c1cccc2c(-c3ccc(-c4cccc5ccccc45)c4oc5ccccc5c34)cccc12. The third kappa shape index (κ3) is 5.55. The normalized spacial score (nSPS) is 12.5. The lowest BCUT2D eigenvalue weighted by atomic mass is 9.90. The van der Waals surface area contributed by atoms with Gasteiger partial charge in [0.2, 0.25) is 0 Å². The number of furan rings is 2. The van der Waals surface area contributed by atoms with Crippen molar-refractivity contribution in [1.82, 2.24) is 0 Å². The Balaban J connectivity index is 1.09. The fraction of sp³-hybridized carbons (Fsp3) is 0.0189. The standard InChI is InChI=1S/C53H35N3O2/c54-52(56-53(55-32-33-14-2-1-3-15-33)45-26-13-29-48-49(45)43-19-6-8-27-46(43)57-48)42-25-12-22-37-38(23-11-24-39(37)42)40-30-31-41(36-21-10-17-34-16-4-5-18-35(34)36)51-50(40)44-20-7-9-28-47(44)58-51/h1-31H,32H2,(H2,54,55,56). The van der Waals surface area contributed by atoms with E-state index in [0.29, 0.717) is 18.2 Å². The molecule has 0 aliphatic heterocycles. The van der Waals surface area contributed by atoms with Gasteiger partial charge >= 0.3 is 0 Å². The highest BCUT2D eigenvalue weighted by atomic mass is 16.3. The summed E-state index contributed by atoms with van der Waals surface area (Å²) in [5.74, 6) is 0.923. The summed E-state index contributed by atoms with van der Waals surface area (Å²) in [4.78, 5) is 10.3. The number of hydrogen-bond donors (Lipinski definition) is 1. The molecule has 9 aromatic carbocycles. The van der Waals surface area contributed by atoms with E-state index in [-0.39, 0.29) is 0 Å². The Kier molecular flexibility index (Phi) is 7.97. The maximum absolute atomic E-state index is 7.10. The minimum Gasteiger partial charge on any atom is -0.456 e. The van der Waals surface area contributed by atoms with Crippen molar-refractivity contribution in [3.8, 4) is 22.3 Å². The van der Waals surface area contributed by atoms with E-state index >= 15 is 0 Å². The lowest BCUT2D eigenvalue weighted by Gasteiger charge is -2.14. The second-order valence-corrected chi connectivity index (χ2v) is 14.6. The van der Waals surface area contributed by atoms with Crippen LogP contribution in [-0.2, 0) is 6.54 Å². The van der Waals surface area contributed by atoms with Crippen LogP contribution in [0.2, 0.25) is 0 Å². The van der Waals surface area contributed by atoms with Crippen molar-refractivity contribution >= 4 is 77.1 Å². The Morgan fingerprint density at radius 1 is 0.414 bits per heavy atom. The molecule has 0 atom stereocenters. The van der Waals surface area contributed by atoms with E-state index in [9.17, 15) is 0 Å². The van der Waals surface area contributed by atoms with Crippen LogP contribution >= 0.6 is 0 Å². The van der Waals surface area contributed by atoms with Gasteiger partial charge in [-0.15, -0.1) is 0 Å². The number of amidine groups is 2. The molecule has 0 bridgehead atoms. The van der Waals surface area contributed by atoms with Crippen molar-refractivity contribution in [2.75, 3.05) is 0 Å². The molecule has 0 amide bonds. The lowest BCUT2D eigenvalue weighted by molar-refractivity contribution is 0.669. The number of para-hydroxylation sites is 2. The van der Waals surface area contributed by atoms with Gasteiger partial charge in [-0.05, 0) is 68.1 Å². The van der Waals surface area contributed by atoms with Crippen LogP contribution in [0.3, 0.4) is 0 Å². The Bertz CT molecular complexity index is 3440. The van der Waals surface area contributed by atoms with Crippen LogP contribution in [-0.4, -0.2) is 11.7 Å². The third-order valence-electron chi connectivity index (χ3n) is 11.2. The minimum atomic E-state index is 0.379. The molecule has 0 unspecified atom stereocenters. The van der Waals surface area contributed by atoms with Crippen LogP contribution in [0.15, 0.2) is 207 Å². The highest BCUT2D eigenvalue weighted by molar-refractivity contribution is 6.24. The molecule has 11 aromatic rings. The molecule has 0 aliphatic carbocycles. The second kappa shape index (κ2) is 13.8. The molecular weight excluding hydrogens is 711 g/mol. The molecule has 58 heavy (non-hydrogen) atoms. The number of rotatable bonds is 6. The molecule has 2 aromatic heterocycles. The average molecular weight is 746 g/mol. The zero-order chi connectivity index (χ0) is 38.6. The summed E-state index contributed by atoms with van der Waals surface area (Å²) in [6, 6.07) is 64.7. The average Bonchev–Trinajstić information content (AvgIpc) is 3.87. The van der Waals surface area contributed by atoms with Gasteiger partial charge in [-0.1, -0.05) is 164 Å². The van der Waals surface area contributed by atoms with Crippen molar-refractivity contribution in [2.45, 2.75) is 6.54 Å². The highest BCUT2D eigenvalue weighted by Gasteiger charge is 2.21. The van der Waals surface area contributed by atoms with E-state index in [4.69, 9.17) is 24.6 Å². The molecule has 11 rings (SSSR count). The zero-order valence-electron chi connectivity index (χ0n) is 31.4. The first-order valence-electron chi connectivity index (χ1n) is 19.5. The van der Waals surface area contributed by atoms with E-state index in [0.717, 1.165) is 93.6 Å². The van der Waals surface area contributed by atoms with Gasteiger partial charge in [0.25, 0.3) is 0 Å². The summed E-state index contributed by atoms with van der Waals surface area (Å²) in [5, 5.41) is 8.56. The van der Waals surface area contributed by atoms with Gasteiger partial charge in [-0.25, -0.2) is 4.99 Å². The number of benzene rings is 9. The predicted octanol–water partition coefficient (Wildman–Crippen LogP) is 13.5.